The average Bonchev–Trinajstić information content (AvgIpc) is 3.14. The second kappa shape index (κ2) is 9.59. The fourth-order valence-corrected chi connectivity index (χ4v) is 3.10. The third-order valence-electron chi connectivity index (χ3n) is 4.72. The van der Waals surface area contributed by atoms with Crippen LogP contribution in [0.15, 0.2) is 42.5 Å². The molecule has 2 aromatic carbocycles. The SMILES string of the molecule is COc1ccc(F)cc1C(=O)NCc1ccc(-c2nn(C(F)C(F)F)c(N)c2C(N)=O)cc1. The van der Waals surface area contributed by atoms with Crippen molar-refractivity contribution in [2.45, 2.75) is 19.3 Å². The van der Waals surface area contributed by atoms with Crippen molar-refractivity contribution in [3.63, 3.8) is 0 Å². The normalized spacial score (nSPS) is 11.9. The van der Waals surface area contributed by atoms with E-state index in [0.717, 1.165) is 12.1 Å². The molecule has 1 heterocycles. The summed E-state index contributed by atoms with van der Waals surface area (Å²) < 4.78 is 58.1. The number of anilines is 1. The van der Waals surface area contributed by atoms with E-state index < -0.39 is 41.7 Å². The second-order valence-corrected chi connectivity index (χ2v) is 6.85. The molecular weight excluding hydrogens is 446 g/mol. The van der Waals surface area contributed by atoms with Gasteiger partial charge in [-0.3, -0.25) is 9.59 Å². The number of hydrogen-bond acceptors (Lipinski definition) is 5. The Bertz CT molecular complexity index is 1180. The first-order chi connectivity index (χ1) is 15.6. The molecule has 174 valence electrons. The number of rotatable bonds is 8. The molecule has 0 aliphatic heterocycles. The predicted molar refractivity (Wildman–Crippen MR) is 111 cm³/mol. The molecule has 2 amide bonds. The number of methoxy groups -OCH3 is 1. The zero-order chi connectivity index (χ0) is 24.3. The van der Waals surface area contributed by atoms with Crippen molar-refractivity contribution in [3.05, 3.63) is 65.0 Å². The maximum Gasteiger partial charge on any atom is 0.289 e. The summed E-state index contributed by atoms with van der Waals surface area (Å²) in [6, 6.07) is 9.58. The van der Waals surface area contributed by atoms with Crippen LogP contribution in [0, 0.1) is 5.82 Å². The molecule has 1 unspecified atom stereocenters. The number of alkyl halides is 3. The molecule has 5 N–H and O–H groups in total. The Morgan fingerprint density at radius 3 is 2.39 bits per heavy atom. The monoisotopic (exact) mass is 465 g/mol. The summed E-state index contributed by atoms with van der Waals surface area (Å²) in [6.07, 6.45) is -6.27. The lowest BCUT2D eigenvalue weighted by molar-refractivity contribution is 0.00225. The number of nitrogen functional groups attached to an aromatic ring is 1. The third-order valence-corrected chi connectivity index (χ3v) is 4.72. The highest BCUT2D eigenvalue weighted by Crippen LogP contribution is 2.31. The fraction of sp³-hybridized carbons (Fsp3) is 0.190. The Labute approximate surface area is 185 Å². The second-order valence-electron chi connectivity index (χ2n) is 6.85. The molecule has 0 bridgehead atoms. The highest BCUT2D eigenvalue weighted by atomic mass is 19.3. The average molecular weight is 465 g/mol. The van der Waals surface area contributed by atoms with Crippen molar-refractivity contribution < 1.29 is 31.9 Å². The van der Waals surface area contributed by atoms with Gasteiger partial charge in [0.1, 0.15) is 28.6 Å². The number of nitrogens with two attached hydrogens (primary N) is 2. The Balaban J connectivity index is 1.81. The van der Waals surface area contributed by atoms with Crippen molar-refractivity contribution >= 4 is 17.6 Å². The van der Waals surface area contributed by atoms with Crippen LogP contribution in [0.4, 0.5) is 23.4 Å². The minimum Gasteiger partial charge on any atom is -0.496 e. The summed E-state index contributed by atoms with van der Waals surface area (Å²) in [6.45, 7) is 0.0516. The van der Waals surface area contributed by atoms with Gasteiger partial charge in [0.05, 0.1) is 12.7 Å². The van der Waals surface area contributed by atoms with Crippen molar-refractivity contribution in [3.8, 4) is 17.0 Å². The summed E-state index contributed by atoms with van der Waals surface area (Å²) in [7, 11) is 1.35. The number of nitrogens with one attached hydrogen (secondary N) is 1. The molecule has 0 spiro atoms. The molecular formula is C21H19F4N5O3. The van der Waals surface area contributed by atoms with Gasteiger partial charge in [0.15, 0.2) is 0 Å². The van der Waals surface area contributed by atoms with Crippen LogP contribution in [0.1, 0.15) is 32.6 Å². The Morgan fingerprint density at radius 1 is 1.15 bits per heavy atom. The van der Waals surface area contributed by atoms with Crippen molar-refractivity contribution in [2.75, 3.05) is 12.8 Å². The van der Waals surface area contributed by atoms with Crippen LogP contribution in [-0.4, -0.2) is 35.1 Å². The van der Waals surface area contributed by atoms with Gasteiger partial charge in [0.2, 0.25) is 0 Å². The summed E-state index contributed by atoms with van der Waals surface area (Å²) in [5.41, 5.74) is 11.2. The van der Waals surface area contributed by atoms with Crippen molar-refractivity contribution in [1.29, 1.82) is 0 Å². The van der Waals surface area contributed by atoms with Crippen LogP contribution in [0.3, 0.4) is 0 Å². The number of halogens is 4. The van der Waals surface area contributed by atoms with E-state index >= 15 is 0 Å². The molecule has 0 aliphatic carbocycles. The molecule has 0 aliphatic rings. The third kappa shape index (κ3) is 4.89. The zero-order valence-corrected chi connectivity index (χ0v) is 17.2. The Morgan fingerprint density at radius 2 is 1.82 bits per heavy atom. The topological polar surface area (TPSA) is 125 Å². The standard InChI is InChI=1S/C21H19F4N5O3/c1-33-14-7-6-12(22)8-13(14)21(32)28-9-10-2-4-11(5-3-10)16-15(20(27)31)19(26)30(29-16)18(25)17(23)24/h2-8,17-18H,9,26H2,1H3,(H2,27,31)(H,28,32). The maximum atomic E-state index is 13.8. The van der Waals surface area contributed by atoms with Crippen LogP contribution < -0.4 is 21.5 Å². The quantitative estimate of drug-likeness (QED) is 0.441. The van der Waals surface area contributed by atoms with E-state index in [1.165, 1.54) is 25.3 Å². The summed E-state index contributed by atoms with van der Waals surface area (Å²) >= 11 is 0. The highest BCUT2D eigenvalue weighted by molar-refractivity contribution is 6.03. The van der Waals surface area contributed by atoms with E-state index in [9.17, 15) is 27.2 Å². The molecule has 3 aromatic rings. The summed E-state index contributed by atoms with van der Waals surface area (Å²) in [5, 5.41) is 6.32. The fourth-order valence-electron chi connectivity index (χ4n) is 3.10. The lowest BCUT2D eigenvalue weighted by atomic mass is 10.0. The van der Waals surface area contributed by atoms with E-state index in [2.05, 4.69) is 10.4 Å². The number of ether oxygens (including phenoxy) is 1. The molecule has 3 rings (SSSR count). The van der Waals surface area contributed by atoms with Gasteiger partial charge in [-0.15, -0.1) is 0 Å². The number of primary amides is 1. The first-order valence-electron chi connectivity index (χ1n) is 9.45. The molecule has 0 fully saturated rings. The first kappa shape index (κ1) is 23.6. The van der Waals surface area contributed by atoms with E-state index in [1.807, 2.05) is 0 Å². The Hall–Kier alpha value is -4.09. The number of hydrogen-bond donors (Lipinski definition) is 3. The van der Waals surface area contributed by atoms with Gasteiger partial charge in [0, 0.05) is 12.1 Å². The lowest BCUT2D eigenvalue weighted by Crippen LogP contribution is -2.23. The smallest absolute Gasteiger partial charge is 0.289 e. The molecule has 8 nitrogen and oxygen atoms in total. The summed E-state index contributed by atoms with van der Waals surface area (Å²) in [4.78, 5) is 24.2. The number of nitrogens with zero attached hydrogens (tertiary/aromatic N) is 2. The van der Waals surface area contributed by atoms with Gasteiger partial charge in [-0.05, 0) is 23.8 Å². The van der Waals surface area contributed by atoms with Gasteiger partial charge < -0.3 is 21.5 Å². The number of benzene rings is 2. The van der Waals surface area contributed by atoms with Crippen LogP contribution in [0.25, 0.3) is 11.3 Å². The minimum absolute atomic E-state index is 0.0149. The predicted octanol–water partition coefficient (Wildman–Crippen LogP) is 3.04. The first-order valence-corrected chi connectivity index (χ1v) is 9.45. The molecule has 1 aromatic heterocycles. The van der Waals surface area contributed by atoms with Crippen LogP contribution in [0.5, 0.6) is 5.75 Å². The number of amides is 2. The van der Waals surface area contributed by atoms with Gasteiger partial charge in [-0.2, -0.15) is 5.10 Å². The van der Waals surface area contributed by atoms with Crippen molar-refractivity contribution in [2.24, 2.45) is 5.73 Å². The number of carbonyl (C=O) groups excluding carboxylic acids is 2. The number of carbonyl (C=O) groups is 2. The van der Waals surface area contributed by atoms with Crippen LogP contribution >= 0.6 is 0 Å². The van der Waals surface area contributed by atoms with Crippen molar-refractivity contribution in [1.82, 2.24) is 15.1 Å². The van der Waals surface area contributed by atoms with E-state index in [-0.39, 0.29) is 33.8 Å². The molecule has 0 radical (unpaired) electrons. The van der Waals surface area contributed by atoms with E-state index in [1.54, 1.807) is 12.1 Å². The Kier molecular flexibility index (Phi) is 6.85. The molecule has 0 saturated carbocycles. The van der Waals surface area contributed by atoms with Gasteiger partial charge >= 0.3 is 0 Å². The molecule has 33 heavy (non-hydrogen) atoms. The van der Waals surface area contributed by atoms with Gasteiger partial charge in [0.25, 0.3) is 24.5 Å². The molecule has 12 heteroatoms. The van der Waals surface area contributed by atoms with Crippen LogP contribution in [0.2, 0.25) is 0 Å². The molecule has 0 saturated heterocycles. The lowest BCUT2D eigenvalue weighted by Gasteiger charge is -2.10. The van der Waals surface area contributed by atoms with Gasteiger partial charge in [-0.1, -0.05) is 24.3 Å². The minimum atomic E-state index is -3.41. The van der Waals surface area contributed by atoms with Gasteiger partial charge in [-0.25, -0.2) is 22.2 Å². The highest BCUT2D eigenvalue weighted by Gasteiger charge is 2.30. The maximum absolute atomic E-state index is 13.8. The number of aromatic nitrogens is 2. The van der Waals surface area contributed by atoms with E-state index in [0.29, 0.717) is 5.56 Å². The zero-order valence-electron chi connectivity index (χ0n) is 17.2. The van der Waals surface area contributed by atoms with E-state index in [4.69, 9.17) is 16.2 Å². The van der Waals surface area contributed by atoms with Crippen LogP contribution in [-0.2, 0) is 6.54 Å². The summed E-state index contributed by atoms with van der Waals surface area (Å²) in [5.74, 6) is -2.65. The molecule has 1 atom stereocenters. The largest absolute Gasteiger partial charge is 0.496 e.